The van der Waals surface area contributed by atoms with E-state index in [1.165, 1.54) is 9.80 Å². The van der Waals surface area contributed by atoms with Crippen molar-refractivity contribution in [2.75, 3.05) is 13.1 Å². The van der Waals surface area contributed by atoms with Gasteiger partial charge in [0, 0.05) is 27.7 Å². The summed E-state index contributed by atoms with van der Waals surface area (Å²) in [7, 11) is 0. The zero-order chi connectivity index (χ0) is 10.8. The lowest BCUT2D eigenvalue weighted by Gasteiger charge is -2.36. The Labute approximate surface area is 101 Å². The normalized spacial score (nSPS) is 16.2. The summed E-state index contributed by atoms with van der Waals surface area (Å²) in [5.41, 5.74) is 0. The average molecular weight is 288 g/mol. The van der Waals surface area contributed by atoms with Gasteiger partial charge in [-0.25, -0.2) is 4.79 Å². The lowest BCUT2D eigenvalue weighted by Crippen LogP contribution is -2.51. The molecule has 0 radical (unpaired) electrons. The van der Waals surface area contributed by atoms with Gasteiger partial charge >= 0.3 is 6.09 Å². The third-order valence-corrected chi connectivity index (χ3v) is 3.94. The summed E-state index contributed by atoms with van der Waals surface area (Å²) in [5, 5.41) is 9.07. The van der Waals surface area contributed by atoms with E-state index in [2.05, 4.69) is 15.9 Å². The Morgan fingerprint density at radius 2 is 2.00 bits per heavy atom. The van der Waals surface area contributed by atoms with Crippen LogP contribution in [0, 0.1) is 0 Å². The van der Waals surface area contributed by atoms with Gasteiger partial charge in [0.1, 0.15) is 0 Å². The van der Waals surface area contributed by atoms with Crippen molar-refractivity contribution in [2.24, 2.45) is 0 Å². The number of rotatable bonds is 2. The first-order valence-electron chi connectivity index (χ1n) is 4.55. The maximum absolute atomic E-state index is 10.5. The van der Waals surface area contributed by atoms with Crippen LogP contribution in [0.3, 0.4) is 0 Å². The van der Waals surface area contributed by atoms with Crippen LogP contribution in [0.5, 0.6) is 0 Å². The SMILES string of the molecule is O=C(O)N1CC(Sc2ccc(Br)cc2)C1. The average Bonchev–Trinajstić information content (AvgIpc) is 2.13. The molecule has 1 aliphatic rings. The summed E-state index contributed by atoms with van der Waals surface area (Å²) in [5.74, 6) is 0. The van der Waals surface area contributed by atoms with E-state index in [0.717, 1.165) is 4.47 Å². The van der Waals surface area contributed by atoms with Gasteiger partial charge in [-0.2, -0.15) is 0 Å². The molecule has 1 heterocycles. The van der Waals surface area contributed by atoms with Crippen LogP contribution in [-0.2, 0) is 0 Å². The van der Waals surface area contributed by atoms with Crippen LogP contribution in [0.2, 0.25) is 0 Å². The highest BCUT2D eigenvalue weighted by atomic mass is 79.9. The Bertz CT molecular complexity index is 362. The largest absolute Gasteiger partial charge is 0.465 e. The number of carboxylic acid groups (broad SMARTS) is 1. The summed E-state index contributed by atoms with van der Waals surface area (Å²) >= 11 is 5.11. The van der Waals surface area contributed by atoms with Gasteiger partial charge in [-0.15, -0.1) is 11.8 Å². The number of likely N-dealkylation sites (tertiary alicyclic amines) is 1. The predicted molar refractivity (Wildman–Crippen MR) is 63.4 cm³/mol. The maximum Gasteiger partial charge on any atom is 0.407 e. The van der Waals surface area contributed by atoms with E-state index in [-0.39, 0.29) is 0 Å². The Balaban J connectivity index is 1.85. The lowest BCUT2D eigenvalue weighted by molar-refractivity contribution is 0.121. The van der Waals surface area contributed by atoms with Crippen LogP contribution in [0.25, 0.3) is 0 Å². The van der Waals surface area contributed by atoms with E-state index in [1.807, 2.05) is 24.3 Å². The first-order chi connectivity index (χ1) is 7.15. The van der Waals surface area contributed by atoms with Crippen molar-refractivity contribution < 1.29 is 9.90 Å². The van der Waals surface area contributed by atoms with Gasteiger partial charge in [-0.3, -0.25) is 0 Å². The molecule has 0 aliphatic carbocycles. The number of amides is 1. The monoisotopic (exact) mass is 287 g/mol. The second-order valence-corrected chi connectivity index (χ2v) is 5.67. The van der Waals surface area contributed by atoms with Crippen LogP contribution in [0.4, 0.5) is 4.79 Å². The molecule has 1 amide bonds. The third kappa shape index (κ3) is 2.66. The molecule has 0 aromatic heterocycles. The first-order valence-corrected chi connectivity index (χ1v) is 6.22. The molecule has 3 nitrogen and oxygen atoms in total. The second-order valence-electron chi connectivity index (χ2n) is 3.38. The number of nitrogens with zero attached hydrogens (tertiary/aromatic N) is 1. The fourth-order valence-electron chi connectivity index (χ4n) is 1.37. The maximum atomic E-state index is 10.5. The molecule has 0 unspecified atom stereocenters. The molecule has 1 fully saturated rings. The van der Waals surface area contributed by atoms with Crippen molar-refractivity contribution in [3.63, 3.8) is 0 Å². The molecule has 2 rings (SSSR count). The van der Waals surface area contributed by atoms with Crippen LogP contribution >= 0.6 is 27.7 Å². The molecule has 80 valence electrons. The summed E-state index contributed by atoms with van der Waals surface area (Å²) in [6.45, 7) is 1.27. The van der Waals surface area contributed by atoms with Gasteiger partial charge < -0.3 is 10.0 Å². The zero-order valence-electron chi connectivity index (χ0n) is 7.89. The molecule has 15 heavy (non-hydrogen) atoms. The minimum absolute atomic E-state index is 0.405. The van der Waals surface area contributed by atoms with E-state index in [1.54, 1.807) is 11.8 Å². The Morgan fingerprint density at radius 3 is 2.53 bits per heavy atom. The van der Waals surface area contributed by atoms with E-state index in [9.17, 15) is 4.79 Å². The van der Waals surface area contributed by atoms with Crippen LogP contribution < -0.4 is 0 Å². The lowest BCUT2D eigenvalue weighted by atomic mass is 10.2. The quantitative estimate of drug-likeness (QED) is 0.909. The molecule has 0 atom stereocenters. The Kier molecular flexibility index (Phi) is 3.21. The molecule has 1 aliphatic heterocycles. The van der Waals surface area contributed by atoms with Gasteiger partial charge in [0.2, 0.25) is 0 Å². The first kappa shape index (κ1) is 10.8. The molecule has 5 heteroatoms. The predicted octanol–water partition coefficient (Wildman–Crippen LogP) is 2.90. The van der Waals surface area contributed by atoms with Crippen LogP contribution in [-0.4, -0.2) is 34.4 Å². The van der Waals surface area contributed by atoms with E-state index >= 15 is 0 Å². The van der Waals surface area contributed by atoms with Crippen molar-refractivity contribution in [3.05, 3.63) is 28.7 Å². The van der Waals surface area contributed by atoms with Crippen LogP contribution in [0.1, 0.15) is 0 Å². The van der Waals surface area contributed by atoms with Crippen molar-refractivity contribution in [1.82, 2.24) is 4.90 Å². The fourth-order valence-corrected chi connectivity index (χ4v) is 2.83. The molecule has 0 spiro atoms. The van der Waals surface area contributed by atoms with Gasteiger partial charge in [0.15, 0.2) is 0 Å². The smallest absolute Gasteiger partial charge is 0.407 e. The number of benzene rings is 1. The fraction of sp³-hybridized carbons (Fsp3) is 0.300. The van der Waals surface area contributed by atoms with Crippen molar-refractivity contribution in [1.29, 1.82) is 0 Å². The zero-order valence-corrected chi connectivity index (χ0v) is 10.3. The van der Waals surface area contributed by atoms with Gasteiger partial charge in [-0.1, -0.05) is 15.9 Å². The summed E-state index contributed by atoms with van der Waals surface area (Å²) < 4.78 is 1.06. The van der Waals surface area contributed by atoms with Gasteiger partial charge in [-0.05, 0) is 24.3 Å². The number of carbonyl (C=O) groups is 1. The van der Waals surface area contributed by atoms with Gasteiger partial charge in [0.25, 0.3) is 0 Å². The summed E-state index contributed by atoms with van der Waals surface area (Å²) in [6, 6.07) is 8.07. The molecule has 0 saturated carbocycles. The van der Waals surface area contributed by atoms with E-state index in [0.29, 0.717) is 18.3 Å². The van der Waals surface area contributed by atoms with E-state index < -0.39 is 6.09 Å². The minimum Gasteiger partial charge on any atom is -0.465 e. The molecule has 1 aromatic carbocycles. The van der Waals surface area contributed by atoms with Gasteiger partial charge in [0.05, 0.1) is 0 Å². The number of thioether (sulfide) groups is 1. The highest BCUT2D eigenvalue weighted by Crippen LogP contribution is 2.30. The minimum atomic E-state index is -0.817. The summed E-state index contributed by atoms with van der Waals surface area (Å²) in [4.78, 5) is 13.1. The van der Waals surface area contributed by atoms with Crippen LogP contribution in [0.15, 0.2) is 33.6 Å². The number of halogens is 1. The second kappa shape index (κ2) is 4.45. The van der Waals surface area contributed by atoms with E-state index in [4.69, 9.17) is 5.11 Å². The third-order valence-electron chi connectivity index (χ3n) is 2.23. The highest BCUT2D eigenvalue weighted by molar-refractivity contribution is 9.10. The summed E-state index contributed by atoms with van der Waals surface area (Å²) in [6.07, 6.45) is -0.817. The highest BCUT2D eigenvalue weighted by Gasteiger charge is 2.30. The standard InChI is InChI=1S/C10H10BrNO2S/c11-7-1-3-8(4-2-7)15-9-5-12(6-9)10(13)14/h1-4,9H,5-6H2,(H,13,14). The molecule has 1 saturated heterocycles. The molecular formula is C10H10BrNO2S. The Morgan fingerprint density at radius 1 is 1.40 bits per heavy atom. The number of hydrogen-bond donors (Lipinski definition) is 1. The number of hydrogen-bond acceptors (Lipinski definition) is 2. The molecule has 1 aromatic rings. The van der Waals surface area contributed by atoms with Crippen molar-refractivity contribution in [3.8, 4) is 0 Å². The van der Waals surface area contributed by atoms with Crippen molar-refractivity contribution >= 4 is 33.8 Å². The molecule has 1 N–H and O–H groups in total. The Hall–Kier alpha value is -0.680. The molecular weight excluding hydrogens is 278 g/mol. The topological polar surface area (TPSA) is 40.5 Å². The van der Waals surface area contributed by atoms with Crippen molar-refractivity contribution in [2.45, 2.75) is 10.1 Å². The molecule has 0 bridgehead atoms.